The van der Waals surface area contributed by atoms with E-state index in [2.05, 4.69) is 31.0 Å². The zero-order valence-corrected chi connectivity index (χ0v) is 31.0. The van der Waals surface area contributed by atoms with Crippen molar-refractivity contribution in [2.75, 3.05) is 38.2 Å². The highest BCUT2D eigenvalue weighted by Crippen LogP contribution is 2.65. The van der Waals surface area contributed by atoms with Crippen molar-refractivity contribution >= 4 is 9.84 Å². The Hall–Kier alpha value is -1.94. The Morgan fingerprint density at radius 2 is 1.76 bits per heavy atom. The lowest BCUT2D eigenvalue weighted by atomic mass is 9.50. The van der Waals surface area contributed by atoms with E-state index in [-0.39, 0.29) is 17.5 Å². The largest absolute Gasteiger partial charge is 0.465 e. The summed E-state index contributed by atoms with van der Waals surface area (Å²) >= 11 is 0. The van der Waals surface area contributed by atoms with E-state index in [0.29, 0.717) is 43.1 Å². The highest BCUT2D eigenvalue weighted by atomic mass is 32.2. The highest BCUT2D eigenvalue weighted by Gasteiger charge is 2.62. The quantitative estimate of drug-likeness (QED) is 0.104. The van der Waals surface area contributed by atoms with Crippen LogP contribution in [0.15, 0.2) is 18.2 Å². The van der Waals surface area contributed by atoms with E-state index in [9.17, 15) is 35.5 Å². The number of benzene rings is 1. The second-order valence-electron chi connectivity index (χ2n) is 16.0. The van der Waals surface area contributed by atoms with Gasteiger partial charge in [-0.2, -0.15) is 22.0 Å². The number of fused-ring (bicyclic) bond motifs is 5. The van der Waals surface area contributed by atoms with Crippen LogP contribution in [0.4, 0.5) is 22.0 Å². The minimum absolute atomic E-state index is 0.200. The van der Waals surface area contributed by atoms with Gasteiger partial charge >= 0.3 is 12.1 Å². The third kappa shape index (κ3) is 9.24. The first-order chi connectivity index (χ1) is 24.0. The average Bonchev–Trinajstić information content (AvgIpc) is 3.34. The topological polar surface area (TPSA) is 76.1 Å². The van der Waals surface area contributed by atoms with Gasteiger partial charge in [0.05, 0.1) is 18.1 Å². The van der Waals surface area contributed by atoms with Crippen molar-refractivity contribution in [2.24, 2.45) is 23.2 Å². The predicted molar refractivity (Wildman–Crippen MR) is 187 cm³/mol. The Morgan fingerprint density at radius 3 is 2.47 bits per heavy atom. The molecule has 1 aromatic rings. The minimum atomic E-state index is -5.67. The SMILES string of the molecule is C#C[C@]1(O)CC[C@H]2[C@@H]3[C@H](CCCCCN(C)CCCS(=O)(=O)CCCC(F)(F)C(F)(F)F)Cc4cc(OC5CCCCO5)ccc4[C@H]3CC[C@@]21C. The van der Waals surface area contributed by atoms with E-state index in [1.807, 2.05) is 11.9 Å². The van der Waals surface area contributed by atoms with Gasteiger partial charge in [-0.15, -0.1) is 6.42 Å². The Balaban J connectivity index is 1.13. The van der Waals surface area contributed by atoms with Crippen LogP contribution in [-0.2, 0) is 21.0 Å². The fourth-order valence-electron chi connectivity index (χ4n) is 9.72. The highest BCUT2D eigenvalue weighted by molar-refractivity contribution is 7.91. The molecule has 1 unspecified atom stereocenters. The molecule has 7 atom stereocenters. The molecule has 12 heteroatoms. The zero-order chi connectivity index (χ0) is 37.1. The summed E-state index contributed by atoms with van der Waals surface area (Å²) in [6, 6.07) is 6.59. The van der Waals surface area contributed by atoms with Crippen molar-refractivity contribution < 1.29 is 45.0 Å². The van der Waals surface area contributed by atoms with E-state index < -0.39 is 46.1 Å². The molecule has 0 spiro atoms. The van der Waals surface area contributed by atoms with Gasteiger partial charge in [-0.1, -0.05) is 31.8 Å². The number of rotatable bonds is 16. The number of alkyl halides is 5. The Labute approximate surface area is 301 Å². The number of ether oxygens (including phenoxy) is 2. The van der Waals surface area contributed by atoms with E-state index in [4.69, 9.17) is 15.9 Å². The van der Waals surface area contributed by atoms with Crippen LogP contribution in [0.2, 0.25) is 0 Å². The van der Waals surface area contributed by atoms with Gasteiger partial charge in [-0.3, -0.25) is 0 Å². The number of terminal acetylenes is 1. The normalized spacial score (nSPS) is 31.1. The van der Waals surface area contributed by atoms with Crippen molar-refractivity contribution in [3.05, 3.63) is 29.3 Å². The fourth-order valence-corrected chi connectivity index (χ4v) is 11.1. The number of unbranched alkanes of at least 4 members (excludes halogenated alkanes) is 2. The lowest BCUT2D eigenvalue weighted by Gasteiger charge is -2.54. The van der Waals surface area contributed by atoms with Crippen LogP contribution < -0.4 is 4.74 Å². The molecule has 1 heterocycles. The predicted octanol–water partition coefficient (Wildman–Crippen LogP) is 8.31. The molecule has 288 valence electrons. The average molecular weight is 746 g/mol. The van der Waals surface area contributed by atoms with Crippen LogP contribution in [0.5, 0.6) is 5.75 Å². The van der Waals surface area contributed by atoms with Gasteiger partial charge in [0.2, 0.25) is 0 Å². The molecule has 1 aliphatic heterocycles. The van der Waals surface area contributed by atoms with Gasteiger partial charge in [-0.05, 0) is 138 Å². The summed E-state index contributed by atoms with van der Waals surface area (Å²) in [6.07, 6.45) is 9.68. The van der Waals surface area contributed by atoms with Crippen molar-refractivity contribution in [1.29, 1.82) is 0 Å². The van der Waals surface area contributed by atoms with E-state index in [0.717, 1.165) is 89.5 Å². The summed E-state index contributed by atoms with van der Waals surface area (Å²) in [6.45, 7) is 4.21. The second-order valence-corrected chi connectivity index (χ2v) is 18.3. The van der Waals surface area contributed by atoms with Gasteiger partial charge in [0, 0.05) is 18.3 Å². The summed E-state index contributed by atoms with van der Waals surface area (Å²) in [5, 5.41) is 11.5. The Bertz CT molecular complexity index is 1470. The molecule has 1 aromatic carbocycles. The van der Waals surface area contributed by atoms with Gasteiger partial charge in [0.1, 0.15) is 21.2 Å². The van der Waals surface area contributed by atoms with Crippen molar-refractivity contribution in [1.82, 2.24) is 4.90 Å². The smallest absolute Gasteiger partial charge is 0.453 e. The number of sulfone groups is 1. The Kier molecular flexibility index (Phi) is 12.8. The molecular weight excluding hydrogens is 689 g/mol. The summed E-state index contributed by atoms with van der Waals surface area (Å²) in [5.41, 5.74) is 1.39. The lowest BCUT2D eigenvalue weighted by molar-refractivity contribution is -0.284. The maximum atomic E-state index is 13.1. The Morgan fingerprint density at radius 1 is 1.02 bits per heavy atom. The summed E-state index contributed by atoms with van der Waals surface area (Å²) in [4.78, 5) is 2.05. The summed E-state index contributed by atoms with van der Waals surface area (Å²) < 4.78 is 99.9. The molecular formula is C39H56F5NO5S. The molecule has 1 N–H and O–H groups in total. The molecule has 2 saturated carbocycles. The molecule has 3 fully saturated rings. The number of aliphatic hydroxyl groups is 1. The monoisotopic (exact) mass is 745 g/mol. The van der Waals surface area contributed by atoms with Crippen LogP contribution in [0.25, 0.3) is 0 Å². The van der Waals surface area contributed by atoms with Gasteiger partial charge in [0.15, 0.2) is 6.29 Å². The molecule has 0 amide bonds. The number of halogens is 5. The van der Waals surface area contributed by atoms with Crippen LogP contribution in [-0.4, -0.2) is 80.7 Å². The molecule has 0 radical (unpaired) electrons. The van der Waals surface area contributed by atoms with Gasteiger partial charge < -0.3 is 19.5 Å². The second kappa shape index (κ2) is 16.2. The fraction of sp³-hybridized carbons (Fsp3) is 0.795. The molecule has 0 bridgehead atoms. The lowest BCUT2D eigenvalue weighted by Crippen LogP contribution is -2.52. The first kappa shape index (κ1) is 40.2. The molecule has 4 aliphatic rings. The molecule has 3 aliphatic carbocycles. The standard InChI is InChI=1S/C39H56F5NO5S/c1-4-37(46)20-17-33-35-28(12-6-5-8-21-45(3)22-11-25-51(47,48)24-10-18-38(40,41)39(42,43)44)26-29-27-30(50-34-13-7-9-23-49-34)14-15-31(29)32(35)16-19-36(33,37)2/h1,14-15,27-28,32-35,46H,5-13,16-26H2,2-3H3/t28-,32-,33+,34?,35-,36+,37+/m1/s1. The van der Waals surface area contributed by atoms with E-state index >= 15 is 0 Å². The van der Waals surface area contributed by atoms with Crippen molar-refractivity contribution in [2.45, 2.75) is 133 Å². The van der Waals surface area contributed by atoms with Gasteiger partial charge in [-0.25, -0.2) is 8.42 Å². The summed E-state index contributed by atoms with van der Waals surface area (Å²) in [7, 11) is -1.81. The van der Waals surface area contributed by atoms with Gasteiger partial charge in [0.25, 0.3) is 0 Å². The zero-order valence-electron chi connectivity index (χ0n) is 30.2. The molecule has 6 nitrogen and oxygen atoms in total. The number of hydrogen-bond acceptors (Lipinski definition) is 6. The number of nitrogens with zero attached hydrogens (tertiary/aromatic N) is 1. The van der Waals surface area contributed by atoms with Crippen molar-refractivity contribution in [3.8, 4) is 18.1 Å². The minimum Gasteiger partial charge on any atom is -0.465 e. The van der Waals surface area contributed by atoms with Crippen LogP contribution in [0, 0.1) is 35.5 Å². The third-order valence-corrected chi connectivity index (χ3v) is 14.5. The molecule has 1 saturated heterocycles. The van der Waals surface area contributed by atoms with E-state index in [1.54, 1.807) is 0 Å². The number of hydrogen-bond donors (Lipinski definition) is 1. The first-order valence-corrected chi connectivity index (χ1v) is 20.8. The maximum absolute atomic E-state index is 13.1. The third-order valence-electron chi connectivity index (χ3n) is 12.6. The molecule has 0 aromatic heterocycles. The van der Waals surface area contributed by atoms with Crippen LogP contribution in [0.1, 0.15) is 114 Å². The summed E-state index contributed by atoms with van der Waals surface area (Å²) in [5.74, 6) is -0.484. The van der Waals surface area contributed by atoms with Crippen LogP contribution >= 0.6 is 0 Å². The first-order valence-electron chi connectivity index (χ1n) is 18.9. The maximum Gasteiger partial charge on any atom is 0.453 e. The van der Waals surface area contributed by atoms with E-state index in [1.165, 1.54) is 11.1 Å². The van der Waals surface area contributed by atoms with Crippen LogP contribution in [0.3, 0.4) is 0 Å². The molecule has 5 rings (SSSR count). The van der Waals surface area contributed by atoms with Crippen molar-refractivity contribution in [3.63, 3.8) is 0 Å². The molecule has 51 heavy (non-hydrogen) atoms.